The molecular formula is C12H10ClN3O6. The fourth-order valence-corrected chi connectivity index (χ4v) is 1.80. The lowest BCUT2D eigenvalue weighted by Gasteiger charge is -2.15. The van der Waals surface area contributed by atoms with Gasteiger partial charge >= 0.3 is 11.7 Å². The molecule has 3 N–H and O–H groups in total. The highest BCUT2D eigenvalue weighted by Crippen LogP contribution is 2.02. The highest BCUT2D eigenvalue weighted by molar-refractivity contribution is 6.30. The average molecular weight is 328 g/mol. The second kappa shape index (κ2) is 6.31. The lowest BCUT2D eigenvalue weighted by atomic mass is 10.2. The van der Waals surface area contributed by atoms with Crippen LogP contribution in [0.25, 0.3) is 0 Å². The van der Waals surface area contributed by atoms with Gasteiger partial charge in [0.2, 0.25) is 0 Å². The molecule has 0 spiro atoms. The number of H-pyrrole nitrogens is 1. The smallest absolute Gasteiger partial charge is 0.328 e. The van der Waals surface area contributed by atoms with Crippen LogP contribution in [0, 0.1) is 0 Å². The Bertz CT molecular complexity index is 807. The third kappa shape index (κ3) is 3.44. The molecule has 10 heteroatoms. The Labute approximate surface area is 127 Å². The van der Waals surface area contributed by atoms with Crippen molar-refractivity contribution in [1.29, 1.82) is 0 Å². The van der Waals surface area contributed by atoms with Crippen molar-refractivity contribution in [3.63, 3.8) is 0 Å². The van der Waals surface area contributed by atoms with Crippen LogP contribution in [0.2, 0.25) is 5.02 Å². The van der Waals surface area contributed by atoms with Crippen LogP contribution in [0.5, 0.6) is 0 Å². The lowest BCUT2D eigenvalue weighted by Crippen LogP contribution is -2.46. The topological polar surface area (TPSA) is 134 Å². The normalized spacial score (nSPS) is 11.9. The number of aliphatic carboxylic acids is 1. The number of hydrogen-bond donors (Lipinski definition) is 3. The fraction of sp³-hybridized carbons (Fsp3) is 0.167. The standard InChI is InChI=1S/C12H10ClN3O6/c13-6-4-16(12(21)15-9(6)17)5-7(11(19)20)14-10(18)8-2-1-3-22-8/h1-4,7H,5H2,(H,14,18)(H,19,20)(H,15,17,21)/t7-/m0/s1. The highest BCUT2D eigenvalue weighted by atomic mass is 35.5. The molecule has 9 nitrogen and oxygen atoms in total. The summed E-state index contributed by atoms with van der Waals surface area (Å²) in [6.07, 6.45) is 2.26. The molecule has 116 valence electrons. The molecule has 0 aromatic carbocycles. The third-order valence-electron chi connectivity index (χ3n) is 2.70. The molecule has 1 atom stereocenters. The van der Waals surface area contributed by atoms with Gasteiger partial charge in [0.1, 0.15) is 11.1 Å². The quantitative estimate of drug-likeness (QED) is 0.688. The van der Waals surface area contributed by atoms with Crippen LogP contribution >= 0.6 is 11.6 Å². The van der Waals surface area contributed by atoms with E-state index in [0.717, 1.165) is 10.8 Å². The van der Waals surface area contributed by atoms with Gasteiger partial charge in [-0.3, -0.25) is 19.1 Å². The van der Waals surface area contributed by atoms with Gasteiger partial charge in [0.05, 0.1) is 12.8 Å². The molecule has 0 aliphatic rings. The maximum absolute atomic E-state index is 11.8. The molecule has 2 aromatic heterocycles. The Hall–Kier alpha value is -2.81. The number of aromatic nitrogens is 2. The van der Waals surface area contributed by atoms with Gasteiger partial charge in [-0.05, 0) is 12.1 Å². The number of carbonyl (C=O) groups is 2. The van der Waals surface area contributed by atoms with Crippen LogP contribution in [0.4, 0.5) is 0 Å². The Morgan fingerprint density at radius 3 is 2.77 bits per heavy atom. The summed E-state index contributed by atoms with van der Waals surface area (Å²) < 4.78 is 5.72. The molecule has 0 saturated carbocycles. The predicted octanol–water partition coefficient (Wildman–Crippen LogP) is -0.334. The van der Waals surface area contributed by atoms with E-state index < -0.39 is 35.7 Å². The molecule has 1 amide bonds. The van der Waals surface area contributed by atoms with Crippen molar-refractivity contribution in [1.82, 2.24) is 14.9 Å². The number of rotatable bonds is 5. The number of carbonyl (C=O) groups excluding carboxylic acids is 1. The van der Waals surface area contributed by atoms with E-state index in [9.17, 15) is 19.2 Å². The van der Waals surface area contributed by atoms with Crippen molar-refractivity contribution in [2.75, 3.05) is 0 Å². The number of aromatic amines is 1. The Morgan fingerprint density at radius 1 is 1.45 bits per heavy atom. The number of halogens is 1. The van der Waals surface area contributed by atoms with E-state index in [2.05, 4.69) is 5.32 Å². The van der Waals surface area contributed by atoms with Crippen molar-refractivity contribution < 1.29 is 19.1 Å². The van der Waals surface area contributed by atoms with Crippen molar-refractivity contribution in [2.24, 2.45) is 0 Å². The third-order valence-corrected chi connectivity index (χ3v) is 2.96. The van der Waals surface area contributed by atoms with Gasteiger partial charge in [0.15, 0.2) is 5.76 Å². The Kier molecular flexibility index (Phi) is 4.47. The first-order valence-electron chi connectivity index (χ1n) is 5.95. The first-order chi connectivity index (χ1) is 10.4. The van der Waals surface area contributed by atoms with Gasteiger partial charge in [0.25, 0.3) is 11.5 Å². The molecule has 22 heavy (non-hydrogen) atoms. The second-order valence-corrected chi connectivity index (χ2v) is 4.64. The Morgan fingerprint density at radius 2 is 2.18 bits per heavy atom. The molecule has 2 heterocycles. The van der Waals surface area contributed by atoms with E-state index >= 15 is 0 Å². The molecule has 0 saturated heterocycles. The number of furan rings is 1. The Balaban J connectivity index is 2.21. The summed E-state index contributed by atoms with van der Waals surface area (Å²) in [5.74, 6) is -2.19. The number of carboxylic acids is 1. The van der Waals surface area contributed by atoms with Crippen molar-refractivity contribution in [2.45, 2.75) is 12.6 Å². The zero-order valence-electron chi connectivity index (χ0n) is 10.9. The molecule has 2 rings (SSSR count). The van der Waals surface area contributed by atoms with E-state index in [1.165, 1.54) is 18.4 Å². The average Bonchev–Trinajstić information content (AvgIpc) is 2.97. The minimum Gasteiger partial charge on any atom is -0.480 e. The summed E-state index contributed by atoms with van der Waals surface area (Å²) in [6.45, 7) is -0.420. The zero-order valence-corrected chi connectivity index (χ0v) is 11.7. The maximum atomic E-state index is 11.8. The largest absolute Gasteiger partial charge is 0.480 e. The zero-order chi connectivity index (χ0) is 16.3. The summed E-state index contributed by atoms with van der Waals surface area (Å²) >= 11 is 5.58. The van der Waals surface area contributed by atoms with Gasteiger partial charge in [-0.25, -0.2) is 9.59 Å². The molecule has 0 aliphatic carbocycles. The number of carboxylic acid groups (broad SMARTS) is 1. The monoisotopic (exact) mass is 327 g/mol. The molecule has 2 aromatic rings. The number of nitrogens with one attached hydrogen (secondary N) is 2. The second-order valence-electron chi connectivity index (χ2n) is 4.23. The highest BCUT2D eigenvalue weighted by Gasteiger charge is 2.23. The van der Waals surface area contributed by atoms with E-state index in [1.807, 2.05) is 4.98 Å². The van der Waals surface area contributed by atoms with Crippen LogP contribution in [0.15, 0.2) is 38.6 Å². The summed E-state index contributed by atoms with van der Waals surface area (Å²) in [7, 11) is 0. The van der Waals surface area contributed by atoms with Crippen molar-refractivity contribution in [3.8, 4) is 0 Å². The minimum atomic E-state index is -1.42. The lowest BCUT2D eigenvalue weighted by molar-refractivity contribution is -0.139. The van der Waals surface area contributed by atoms with Crippen molar-refractivity contribution >= 4 is 23.5 Å². The van der Waals surface area contributed by atoms with Crippen LogP contribution in [-0.2, 0) is 11.3 Å². The van der Waals surface area contributed by atoms with E-state index in [0.29, 0.717) is 0 Å². The van der Waals surface area contributed by atoms with Crippen LogP contribution in [0.3, 0.4) is 0 Å². The van der Waals surface area contributed by atoms with Crippen LogP contribution in [-0.4, -0.2) is 32.6 Å². The molecular weight excluding hydrogens is 318 g/mol. The van der Waals surface area contributed by atoms with E-state index in [-0.39, 0.29) is 10.8 Å². The molecule has 0 bridgehead atoms. The molecule has 0 aliphatic heterocycles. The molecule has 0 unspecified atom stereocenters. The number of hydrogen-bond acceptors (Lipinski definition) is 5. The van der Waals surface area contributed by atoms with Gasteiger partial charge < -0.3 is 14.8 Å². The summed E-state index contributed by atoms with van der Waals surface area (Å²) in [5.41, 5.74) is -1.62. The first kappa shape index (κ1) is 15.6. The summed E-state index contributed by atoms with van der Waals surface area (Å²) in [6, 6.07) is 1.41. The van der Waals surface area contributed by atoms with Crippen LogP contribution < -0.4 is 16.6 Å². The summed E-state index contributed by atoms with van der Waals surface area (Å²) in [4.78, 5) is 47.6. The molecule has 0 radical (unpaired) electrons. The van der Waals surface area contributed by atoms with E-state index in [4.69, 9.17) is 21.1 Å². The summed E-state index contributed by atoms with van der Waals surface area (Å²) in [5, 5.41) is 11.1. The minimum absolute atomic E-state index is 0.0712. The number of nitrogens with zero attached hydrogens (tertiary/aromatic N) is 1. The van der Waals surface area contributed by atoms with Gasteiger partial charge in [0, 0.05) is 6.20 Å². The van der Waals surface area contributed by atoms with Gasteiger partial charge in [-0.15, -0.1) is 0 Å². The first-order valence-corrected chi connectivity index (χ1v) is 6.32. The predicted molar refractivity (Wildman–Crippen MR) is 73.9 cm³/mol. The van der Waals surface area contributed by atoms with Gasteiger partial charge in [-0.2, -0.15) is 0 Å². The fourth-order valence-electron chi connectivity index (χ4n) is 1.64. The maximum Gasteiger partial charge on any atom is 0.328 e. The van der Waals surface area contributed by atoms with Crippen LogP contribution in [0.1, 0.15) is 10.6 Å². The van der Waals surface area contributed by atoms with Crippen molar-refractivity contribution in [3.05, 3.63) is 56.2 Å². The SMILES string of the molecule is O=C(N[C@@H](Cn1cc(Cl)c(=O)[nH]c1=O)C(=O)O)c1ccco1. The number of amides is 1. The van der Waals surface area contributed by atoms with Gasteiger partial charge in [-0.1, -0.05) is 11.6 Å². The van der Waals surface area contributed by atoms with E-state index in [1.54, 1.807) is 0 Å². The molecule has 0 fully saturated rings.